The van der Waals surface area contributed by atoms with E-state index < -0.39 is 24.1 Å². The zero-order valence-corrected chi connectivity index (χ0v) is 10.5. The summed E-state index contributed by atoms with van der Waals surface area (Å²) in [5.41, 5.74) is 0.806. The van der Waals surface area contributed by atoms with Gasteiger partial charge in [-0.25, -0.2) is 9.59 Å². The molecule has 1 aliphatic heterocycles. The fourth-order valence-electron chi connectivity index (χ4n) is 2.11. The van der Waals surface area contributed by atoms with Gasteiger partial charge in [0.15, 0.2) is 0 Å². The van der Waals surface area contributed by atoms with Crippen LogP contribution in [-0.4, -0.2) is 55.6 Å². The summed E-state index contributed by atoms with van der Waals surface area (Å²) in [7, 11) is 1.75. The Morgan fingerprint density at radius 1 is 1.58 bits per heavy atom. The fourth-order valence-corrected chi connectivity index (χ4v) is 2.11. The van der Waals surface area contributed by atoms with Crippen LogP contribution in [-0.2, 0) is 18.4 Å². The minimum Gasteiger partial charge on any atom is -0.480 e. The predicted octanol–water partition coefficient (Wildman–Crippen LogP) is -0.850. The van der Waals surface area contributed by atoms with E-state index in [0.29, 0.717) is 0 Å². The average molecular weight is 268 g/mol. The molecule has 0 bridgehead atoms. The van der Waals surface area contributed by atoms with Crippen molar-refractivity contribution in [3.05, 3.63) is 18.0 Å². The van der Waals surface area contributed by atoms with Gasteiger partial charge in [0.2, 0.25) is 0 Å². The maximum Gasteiger partial charge on any atom is 0.326 e. The summed E-state index contributed by atoms with van der Waals surface area (Å²) in [5, 5.41) is 25.1. The van der Waals surface area contributed by atoms with Gasteiger partial charge in [-0.3, -0.25) is 4.68 Å². The first-order valence-corrected chi connectivity index (χ1v) is 5.91. The molecule has 8 nitrogen and oxygen atoms in total. The summed E-state index contributed by atoms with van der Waals surface area (Å²) in [6.07, 6.45) is 0.888. The number of hydrogen-bond donors (Lipinski definition) is 3. The van der Waals surface area contributed by atoms with Crippen molar-refractivity contribution < 1.29 is 19.8 Å². The molecule has 19 heavy (non-hydrogen) atoms. The highest BCUT2D eigenvalue weighted by atomic mass is 16.4. The van der Waals surface area contributed by atoms with Crippen LogP contribution in [0, 0.1) is 0 Å². The van der Waals surface area contributed by atoms with Crippen LogP contribution in [0.15, 0.2) is 12.3 Å². The molecule has 0 aliphatic carbocycles. The summed E-state index contributed by atoms with van der Waals surface area (Å²) in [6, 6.07) is 0.292. The number of nitrogens with zero attached hydrogens (tertiary/aromatic N) is 3. The molecule has 2 amide bonds. The van der Waals surface area contributed by atoms with E-state index in [2.05, 4.69) is 10.4 Å². The van der Waals surface area contributed by atoms with E-state index in [1.54, 1.807) is 24.0 Å². The van der Waals surface area contributed by atoms with E-state index in [1.807, 2.05) is 0 Å². The molecule has 8 heteroatoms. The van der Waals surface area contributed by atoms with Crippen LogP contribution in [0.5, 0.6) is 0 Å². The van der Waals surface area contributed by atoms with Gasteiger partial charge in [-0.2, -0.15) is 5.10 Å². The Morgan fingerprint density at radius 2 is 2.32 bits per heavy atom. The van der Waals surface area contributed by atoms with Crippen molar-refractivity contribution in [1.82, 2.24) is 20.0 Å². The number of amides is 2. The molecular formula is C11H16N4O4. The number of aliphatic hydroxyl groups excluding tert-OH is 1. The third-order valence-corrected chi connectivity index (χ3v) is 3.17. The Labute approximate surface area is 109 Å². The number of carbonyl (C=O) groups is 2. The molecule has 0 spiro atoms. The monoisotopic (exact) mass is 268 g/mol. The number of nitrogens with one attached hydrogen (secondary N) is 1. The molecule has 1 aliphatic rings. The molecule has 1 aromatic heterocycles. The van der Waals surface area contributed by atoms with E-state index in [4.69, 9.17) is 5.11 Å². The van der Waals surface area contributed by atoms with Gasteiger partial charge in [0.05, 0.1) is 18.3 Å². The van der Waals surface area contributed by atoms with Crippen molar-refractivity contribution in [2.24, 2.45) is 7.05 Å². The molecular weight excluding hydrogens is 252 g/mol. The van der Waals surface area contributed by atoms with Gasteiger partial charge in [0.25, 0.3) is 0 Å². The molecule has 104 valence electrons. The van der Waals surface area contributed by atoms with Crippen molar-refractivity contribution in [2.45, 2.75) is 25.1 Å². The van der Waals surface area contributed by atoms with Crippen LogP contribution >= 0.6 is 0 Å². The number of carbonyl (C=O) groups excluding carboxylic acids is 1. The Bertz CT molecular complexity index is 487. The number of carboxylic acid groups (broad SMARTS) is 1. The van der Waals surface area contributed by atoms with Crippen molar-refractivity contribution in [3.63, 3.8) is 0 Å². The van der Waals surface area contributed by atoms with Gasteiger partial charge in [-0.1, -0.05) is 0 Å². The number of hydrogen-bond acceptors (Lipinski definition) is 4. The van der Waals surface area contributed by atoms with Crippen LogP contribution in [0.1, 0.15) is 12.1 Å². The molecule has 0 saturated carbocycles. The topological polar surface area (TPSA) is 108 Å². The average Bonchev–Trinajstić information content (AvgIpc) is 2.92. The molecule has 0 aromatic carbocycles. The van der Waals surface area contributed by atoms with Gasteiger partial charge in [-0.15, -0.1) is 0 Å². The summed E-state index contributed by atoms with van der Waals surface area (Å²) in [5.74, 6) is -1.10. The zero-order chi connectivity index (χ0) is 14.0. The molecule has 1 saturated heterocycles. The third-order valence-electron chi connectivity index (χ3n) is 3.17. The van der Waals surface area contributed by atoms with Gasteiger partial charge in [0.1, 0.15) is 6.04 Å². The quantitative estimate of drug-likeness (QED) is 0.662. The summed E-state index contributed by atoms with van der Waals surface area (Å²) < 4.78 is 1.62. The Balaban J connectivity index is 1.96. The lowest BCUT2D eigenvalue weighted by atomic mass is 10.2. The second kappa shape index (κ2) is 5.27. The number of rotatable bonds is 3. The van der Waals surface area contributed by atoms with Crippen LogP contribution in [0.2, 0.25) is 0 Å². The molecule has 1 fully saturated rings. The van der Waals surface area contributed by atoms with E-state index >= 15 is 0 Å². The minimum absolute atomic E-state index is 0.0359. The summed E-state index contributed by atoms with van der Waals surface area (Å²) in [4.78, 5) is 24.1. The van der Waals surface area contributed by atoms with Crippen LogP contribution in [0.4, 0.5) is 4.79 Å². The molecule has 3 N–H and O–H groups in total. The van der Waals surface area contributed by atoms with Gasteiger partial charge < -0.3 is 20.4 Å². The maximum absolute atomic E-state index is 11.9. The van der Waals surface area contributed by atoms with Crippen LogP contribution in [0.25, 0.3) is 0 Å². The normalized spacial score (nSPS) is 22.5. The lowest BCUT2D eigenvalue weighted by Crippen LogP contribution is -2.46. The second-order valence-electron chi connectivity index (χ2n) is 4.50. The number of likely N-dealkylation sites (tertiary alicyclic amines) is 1. The minimum atomic E-state index is -1.10. The zero-order valence-electron chi connectivity index (χ0n) is 10.5. The smallest absolute Gasteiger partial charge is 0.326 e. The number of aliphatic hydroxyl groups is 1. The Morgan fingerprint density at radius 3 is 2.89 bits per heavy atom. The predicted molar refractivity (Wildman–Crippen MR) is 64.2 cm³/mol. The van der Waals surface area contributed by atoms with Gasteiger partial charge >= 0.3 is 12.0 Å². The maximum atomic E-state index is 11.9. The number of β-amino-alcohol motifs (C(OH)–C–C–N with tert-alkyl or cyclic N) is 1. The molecule has 2 heterocycles. The highest BCUT2D eigenvalue weighted by Crippen LogP contribution is 2.18. The number of carboxylic acids is 1. The standard InChI is InChI=1S/C11H16N4O4/c1-14-7(2-3-13-14)5-12-11(19)15-6-8(16)4-9(15)10(17)18/h2-3,8-9,16H,4-6H2,1H3,(H,12,19)(H,17,18). The van der Waals surface area contributed by atoms with E-state index in [1.165, 1.54) is 0 Å². The molecule has 2 rings (SSSR count). The SMILES string of the molecule is Cn1nccc1CNC(=O)N1CC(O)CC1C(=O)O. The highest BCUT2D eigenvalue weighted by molar-refractivity contribution is 5.83. The number of urea groups is 1. The van der Waals surface area contributed by atoms with Crippen molar-refractivity contribution >= 4 is 12.0 Å². The van der Waals surface area contributed by atoms with Crippen LogP contribution < -0.4 is 5.32 Å². The van der Waals surface area contributed by atoms with Crippen LogP contribution in [0.3, 0.4) is 0 Å². The van der Waals surface area contributed by atoms with Crippen molar-refractivity contribution in [3.8, 4) is 0 Å². The molecule has 1 aromatic rings. The lowest BCUT2D eigenvalue weighted by Gasteiger charge is -2.21. The first-order chi connectivity index (χ1) is 8.99. The second-order valence-corrected chi connectivity index (χ2v) is 4.50. The van der Waals surface area contributed by atoms with Gasteiger partial charge in [0, 0.05) is 26.2 Å². The molecule has 2 atom stereocenters. The Kier molecular flexibility index (Phi) is 3.70. The summed E-state index contributed by atoms with van der Waals surface area (Å²) >= 11 is 0. The Hall–Kier alpha value is -2.09. The summed E-state index contributed by atoms with van der Waals surface area (Å²) in [6.45, 7) is 0.294. The number of aryl methyl sites for hydroxylation is 1. The fraction of sp³-hybridized carbons (Fsp3) is 0.545. The van der Waals surface area contributed by atoms with Gasteiger partial charge in [-0.05, 0) is 6.07 Å². The van der Waals surface area contributed by atoms with E-state index in [-0.39, 0.29) is 19.5 Å². The highest BCUT2D eigenvalue weighted by Gasteiger charge is 2.38. The number of aromatic nitrogens is 2. The molecule has 0 radical (unpaired) electrons. The van der Waals surface area contributed by atoms with E-state index in [9.17, 15) is 14.7 Å². The third kappa shape index (κ3) is 2.84. The lowest BCUT2D eigenvalue weighted by molar-refractivity contribution is -0.141. The van der Waals surface area contributed by atoms with E-state index in [0.717, 1.165) is 10.6 Å². The first-order valence-electron chi connectivity index (χ1n) is 5.91. The first kappa shape index (κ1) is 13.3. The van der Waals surface area contributed by atoms with Crippen molar-refractivity contribution in [2.75, 3.05) is 6.54 Å². The molecule has 2 unspecified atom stereocenters. The number of aliphatic carboxylic acids is 1. The largest absolute Gasteiger partial charge is 0.480 e. The van der Waals surface area contributed by atoms with Crippen molar-refractivity contribution in [1.29, 1.82) is 0 Å².